The van der Waals surface area contributed by atoms with E-state index in [0.29, 0.717) is 11.6 Å². The predicted molar refractivity (Wildman–Crippen MR) is 133 cm³/mol. The maximum Gasteiger partial charge on any atom is 0.270 e. The lowest BCUT2D eigenvalue weighted by Crippen LogP contribution is -2.50. The van der Waals surface area contributed by atoms with Gasteiger partial charge in [0.2, 0.25) is 0 Å². The molecule has 0 aliphatic carbocycles. The third-order valence-corrected chi connectivity index (χ3v) is 7.10. The van der Waals surface area contributed by atoms with Crippen LogP contribution in [0.3, 0.4) is 0 Å². The lowest BCUT2D eigenvalue weighted by atomic mass is 9.87. The molecule has 0 saturated carbocycles. The van der Waals surface area contributed by atoms with Gasteiger partial charge in [0.15, 0.2) is 0 Å². The Balaban J connectivity index is 1.34. The molecule has 4 rings (SSSR count). The van der Waals surface area contributed by atoms with Crippen LogP contribution in [0.2, 0.25) is 0 Å². The van der Waals surface area contributed by atoms with Crippen molar-refractivity contribution in [1.82, 2.24) is 14.8 Å². The summed E-state index contributed by atoms with van der Waals surface area (Å²) < 4.78 is 0. The number of nitrogens with one attached hydrogen (secondary N) is 1. The number of carbonyl (C=O) groups excluding carboxylic acids is 1. The average molecular weight is 432 g/mol. The normalized spacial score (nSPS) is 15.9. The predicted octanol–water partition coefficient (Wildman–Crippen LogP) is 5.67. The number of carbonyl (C=O) groups is 1. The number of H-pyrrole nitrogens is 1. The van der Waals surface area contributed by atoms with Gasteiger partial charge in [-0.2, -0.15) is 0 Å². The number of likely N-dealkylation sites (tertiary alicyclic amines) is 1. The molecular weight excluding hydrogens is 394 g/mol. The lowest BCUT2D eigenvalue weighted by Gasteiger charge is -2.44. The van der Waals surface area contributed by atoms with Crippen LogP contribution in [-0.4, -0.2) is 52.4 Å². The van der Waals surface area contributed by atoms with Crippen molar-refractivity contribution >= 4 is 16.8 Å². The Labute approximate surface area is 192 Å². The van der Waals surface area contributed by atoms with Crippen LogP contribution in [0.1, 0.15) is 55.2 Å². The number of hydrogen-bond donors (Lipinski definition) is 1. The van der Waals surface area contributed by atoms with E-state index in [1.54, 1.807) is 0 Å². The van der Waals surface area contributed by atoms with Gasteiger partial charge in [0.1, 0.15) is 5.69 Å². The molecule has 0 spiro atoms. The zero-order chi connectivity index (χ0) is 22.7. The summed E-state index contributed by atoms with van der Waals surface area (Å²) >= 11 is 0. The molecule has 0 atom stereocenters. The highest BCUT2D eigenvalue weighted by molar-refractivity contribution is 5.98. The number of piperidine rings is 1. The summed E-state index contributed by atoms with van der Waals surface area (Å²) in [5.74, 6) is 0.681. The molecule has 1 amide bonds. The first-order valence-electron chi connectivity index (χ1n) is 12.0. The van der Waals surface area contributed by atoms with Crippen molar-refractivity contribution in [2.75, 3.05) is 26.2 Å². The van der Waals surface area contributed by atoms with Gasteiger partial charge in [-0.25, -0.2) is 0 Å². The van der Waals surface area contributed by atoms with Crippen molar-refractivity contribution in [3.63, 3.8) is 0 Å². The number of amides is 1. The highest BCUT2D eigenvalue weighted by atomic mass is 16.2. The van der Waals surface area contributed by atoms with Gasteiger partial charge in [0.05, 0.1) is 0 Å². The molecule has 3 aromatic rings. The van der Waals surface area contributed by atoms with E-state index in [4.69, 9.17) is 0 Å². The number of rotatable bonds is 7. The molecule has 1 N–H and O–H groups in total. The summed E-state index contributed by atoms with van der Waals surface area (Å²) in [6.07, 6.45) is 3.36. The first kappa shape index (κ1) is 22.6. The molecule has 1 aliphatic rings. The molecule has 1 saturated heterocycles. The van der Waals surface area contributed by atoms with E-state index in [1.807, 2.05) is 35.2 Å². The summed E-state index contributed by atoms with van der Waals surface area (Å²) in [7, 11) is 0. The van der Waals surface area contributed by atoms with Gasteiger partial charge in [-0.1, -0.05) is 48.0 Å². The third-order valence-electron chi connectivity index (χ3n) is 7.10. The van der Waals surface area contributed by atoms with Gasteiger partial charge in [-0.15, -0.1) is 0 Å². The Hall–Kier alpha value is -2.59. The maximum atomic E-state index is 13.2. The number of aryl methyl sites for hydroxylation is 1. The van der Waals surface area contributed by atoms with Crippen LogP contribution in [0, 0.1) is 12.8 Å². The summed E-state index contributed by atoms with van der Waals surface area (Å²) in [4.78, 5) is 21.1. The first-order chi connectivity index (χ1) is 15.4. The number of fused-ring (bicyclic) bond motifs is 1. The largest absolute Gasteiger partial charge is 0.351 e. The maximum absolute atomic E-state index is 13.2. The van der Waals surface area contributed by atoms with Crippen LogP contribution >= 0.6 is 0 Å². The van der Waals surface area contributed by atoms with Crippen molar-refractivity contribution in [2.45, 2.75) is 52.5 Å². The molecule has 2 heterocycles. The van der Waals surface area contributed by atoms with E-state index in [9.17, 15) is 4.79 Å². The zero-order valence-corrected chi connectivity index (χ0v) is 20.0. The van der Waals surface area contributed by atoms with Gasteiger partial charge in [0, 0.05) is 29.5 Å². The van der Waals surface area contributed by atoms with Gasteiger partial charge < -0.3 is 9.88 Å². The fourth-order valence-corrected chi connectivity index (χ4v) is 5.18. The van der Waals surface area contributed by atoms with Crippen molar-refractivity contribution in [3.8, 4) is 0 Å². The third kappa shape index (κ3) is 5.07. The number of aromatic nitrogens is 1. The standard InChI is InChI=1S/C28H37N3O/c1-5-30(27(32)26-18-24-11-6-7-12-25(24)29-26)20-22-13-15-31(16-14-22)28(3,4)19-23-10-8-9-21(2)17-23/h6-12,17-18,22,29H,5,13-16,19-20H2,1-4H3. The summed E-state index contributed by atoms with van der Waals surface area (Å²) in [6, 6.07) is 18.9. The summed E-state index contributed by atoms with van der Waals surface area (Å²) in [6.45, 7) is 12.8. The van der Waals surface area contributed by atoms with Gasteiger partial charge in [-0.05, 0) is 83.7 Å². The monoisotopic (exact) mass is 431 g/mol. The van der Waals surface area contributed by atoms with E-state index in [2.05, 4.69) is 61.8 Å². The van der Waals surface area contributed by atoms with E-state index in [0.717, 1.165) is 56.3 Å². The van der Waals surface area contributed by atoms with E-state index < -0.39 is 0 Å². The van der Waals surface area contributed by atoms with Crippen LogP contribution in [0.4, 0.5) is 0 Å². The van der Waals surface area contributed by atoms with Crippen LogP contribution in [0.25, 0.3) is 10.9 Å². The Kier molecular flexibility index (Phi) is 6.71. The second kappa shape index (κ2) is 9.50. The topological polar surface area (TPSA) is 39.3 Å². The zero-order valence-electron chi connectivity index (χ0n) is 20.0. The Morgan fingerprint density at radius 1 is 1.09 bits per heavy atom. The fraction of sp³-hybridized carbons (Fsp3) is 0.464. The first-order valence-corrected chi connectivity index (χ1v) is 12.0. The molecule has 0 unspecified atom stereocenters. The van der Waals surface area contributed by atoms with Crippen LogP contribution < -0.4 is 0 Å². The average Bonchev–Trinajstić information content (AvgIpc) is 3.21. The highest BCUT2D eigenvalue weighted by Gasteiger charge is 2.32. The van der Waals surface area contributed by atoms with Crippen molar-refractivity contribution in [2.24, 2.45) is 5.92 Å². The van der Waals surface area contributed by atoms with Crippen molar-refractivity contribution < 1.29 is 4.79 Å². The Bertz CT molecular complexity index is 1030. The van der Waals surface area contributed by atoms with Crippen LogP contribution in [-0.2, 0) is 6.42 Å². The summed E-state index contributed by atoms with van der Waals surface area (Å²) in [5.41, 5.74) is 4.61. The number of benzene rings is 2. The molecule has 0 radical (unpaired) electrons. The van der Waals surface area contributed by atoms with Gasteiger partial charge >= 0.3 is 0 Å². The van der Waals surface area contributed by atoms with Gasteiger partial charge in [0.25, 0.3) is 5.91 Å². The van der Waals surface area contributed by atoms with Gasteiger partial charge in [-0.3, -0.25) is 9.69 Å². The SMILES string of the molecule is CCN(CC1CCN(C(C)(C)Cc2cccc(C)c2)CC1)C(=O)c1cc2ccccc2[nH]1. The minimum atomic E-state index is 0.117. The quantitative estimate of drug-likeness (QED) is 0.523. The molecule has 32 heavy (non-hydrogen) atoms. The molecular formula is C28H37N3O. The van der Waals surface area contributed by atoms with Crippen molar-refractivity contribution in [1.29, 1.82) is 0 Å². The van der Waals surface area contributed by atoms with E-state index >= 15 is 0 Å². The Morgan fingerprint density at radius 2 is 1.84 bits per heavy atom. The van der Waals surface area contributed by atoms with E-state index in [-0.39, 0.29) is 11.4 Å². The minimum Gasteiger partial charge on any atom is -0.351 e. The second-order valence-electron chi connectivity index (χ2n) is 10.0. The molecule has 1 aliphatic heterocycles. The molecule has 0 bridgehead atoms. The number of para-hydroxylation sites is 1. The van der Waals surface area contributed by atoms with Crippen LogP contribution in [0.15, 0.2) is 54.6 Å². The Morgan fingerprint density at radius 3 is 2.53 bits per heavy atom. The molecule has 170 valence electrons. The molecule has 1 aromatic heterocycles. The smallest absolute Gasteiger partial charge is 0.270 e. The number of aromatic amines is 1. The molecule has 1 fully saturated rings. The molecule has 2 aromatic carbocycles. The highest BCUT2D eigenvalue weighted by Crippen LogP contribution is 2.28. The lowest BCUT2D eigenvalue weighted by molar-refractivity contribution is 0.0546. The fourth-order valence-electron chi connectivity index (χ4n) is 5.18. The van der Waals surface area contributed by atoms with Crippen molar-refractivity contribution in [3.05, 3.63) is 71.4 Å². The van der Waals surface area contributed by atoms with Crippen LogP contribution in [0.5, 0.6) is 0 Å². The van der Waals surface area contributed by atoms with E-state index in [1.165, 1.54) is 11.1 Å². The minimum absolute atomic E-state index is 0.117. The number of hydrogen-bond acceptors (Lipinski definition) is 2. The second-order valence-corrected chi connectivity index (χ2v) is 10.0. The molecule has 4 heteroatoms. The molecule has 4 nitrogen and oxygen atoms in total. The summed E-state index contributed by atoms with van der Waals surface area (Å²) in [5, 5.41) is 1.09. The number of nitrogens with zero attached hydrogens (tertiary/aromatic N) is 2.